The first-order valence-electron chi connectivity index (χ1n) is 7.05. The summed E-state index contributed by atoms with van der Waals surface area (Å²) in [6.45, 7) is 16.6. The van der Waals surface area contributed by atoms with Crippen LogP contribution in [0.5, 0.6) is 0 Å². The van der Waals surface area contributed by atoms with Gasteiger partial charge in [0.2, 0.25) is 0 Å². The van der Waals surface area contributed by atoms with E-state index in [0.717, 1.165) is 31.1 Å². The maximum atomic E-state index is 4.83. The van der Waals surface area contributed by atoms with Crippen LogP contribution in [0.1, 0.15) is 32.0 Å². The maximum Gasteiger partial charge on any atom is 0.129 e. The lowest BCUT2D eigenvalue weighted by Crippen LogP contribution is -2.26. The van der Waals surface area contributed by atoms with Gasteiger partial charge in [-0.3, -0.25) is 0 Å². The van der Waals surface area contributed by atoms with E-state index in [9.17, 15) is 0 Å². The molecule has 0 saturated carbocycles. The zero-order valence-electron chi connectivity index (χ0n) is 13.2. The van der Waals surface area contributed by atoms with Crippen molar-refractivity contribution in [2.45, 2.75) is 32.7 Å². The number of aromatic nitrogens is 1. The molecule has 0 amide bonds. The Kier molecular flexibility index (Phi) is 5.96. The summed E-state index contributed by atoms with van der Waals surface area (Å²) < 4.78 is 0. The quantitative estimate of drug-likeness (QED) is 0.773. The highest BCUT2D eigenvalue weighted by Gasteiger charge is 2.18. The normalized spacial score (nSPS) is 11.2. The zero-order valence-corrected chi connectivity index (χ0v) is 13.2. The van der Waals surface area contributed by atoms with Crippen molar-refractivity contribution >= 4 is 5.82 Å². The highest BCUT2D eigenvalue weighted by molar-refractivity contribution is 5.45. The molecule has 0 aliphatic heterocycles. The number of rotatable bonds is 7. The second-order valence-corrected chi connectivity index (χ2v) is 5.98. The second-order valence-electron chi connectivity index (χ2n) is 5.98. The third-order valence-electron chi connectivity index (χ3n) is 3.04. The Morgan fingerprint density at radius 1 is 1.20 bits per heavy atom. The Labute approximate surface area is 123 Å². The minimum Gasteiger partial charge on any atom is -0.349 e. The van der Waals surface area contributed by atoms with Gasteiger partial charge in [0.1, 0.15) is 5.82 Å². The molecule has 0 radical (unpaired) electrons. The van der Waals surface area contributed by atoms with Crippen LogP contribution >= 0.6 is 0 Å². The van der Waals surface area contributed by atoms with Crippen LogP contribution in [0.2, 0.25) is 0 Å². The molecule has 1 aromatic rings. The van der Waals surface area contributed by atoms with E-state index < -0.39 is 0 Å². The molecule has 0 aromatic carbocycles. The molecular formula is C17H27N3. The summed E-state index contributed by atoms with van der Waals surface area (Å²) in [5.74, 6) is 0.988. The van der Waals surface area contributed by atoms with E-state index in [1.54, 1.807) is 0 Å². The molecule has 20 heavy (non-hydrogen) atoms. The monoisotopic (exact) mass is 273 g/mol. The molecule has 1 N–H and O–H groups in total. The van der Waals surface area contributed by atoms with Crippen molar-refractivity contribution < 1.29 is 0 Å². The van der Waals surface area contributed by atoms with Crippen LogP contribution in [0.15, 0.2) is 37.4 Å². The minimum absolute atomic E-state index is 0.0343. The van der Waals surface area contributed by atoms with E-state index in [4.69, 9.17) is 4.98 Å². The Morgan fingerprint density at radius 3 is 2.25 bits per heavy atom. The third kappa shape index (κ3) is 4.49. The average Bonchev–Trinajstić information content (AvgIpc) is 2.37. The van der Waals surface area contributed by atoms with Crippen LogP contribution in [0.25, 0.3) is 0 Å². The summed E-state index contributed by atoms with van der Waals surface area (Å²) in [7, 11) is 1.96. The van der Waals surface area contributed by atoms with Gasteiger partial charge in [0, 0.05) is 30.7 Å². The predicted molar refractivity (Wildman–Crippen MR) is 88.3 cm³/mol. The topological polar surface area (TPSA) is 28.2 Å². The summed E-state index contributed by atoms with van der Waals surface area (Å²) in [6, 6.07) is 4.32. The molecule has 0 spiro atoms. The molecule has 0 atom stereocenters. The van der Waals surface area contributed by atoms with Crippen LogP contribution in [-0.4, -0.2) is 25.1 Å². The fourth-order valence-electron chi connectivity index (χ4n) is 2.00. The second kappa shape index (κ2) is 7.25. The lowest BCUT2D eigenvalue weighted by Gasteiger charge is -2.25. The minimum atomic E-state index is 0.0343. The Bertz CT molecular complexity index is 448. The van der Waals surface area contributed by atoms with E-state index in [1.165, 1.54) is 5.56 Å². The fraction of sp³-hybridized carbons (Fsp3) is 0.471. The Morgan fingerprint density at radius 2 is 1.80 bits per heavy atom. The first-order valence-corrected chi connectivity index (χ1v) is 7.05. The van der Waals surface area contributed by atoms with Gasteiger partial charge in [0.25, 0.3) is 0 Å². The smallest absolute Gasteiger partial charge is 0.129 e. The molecule has 0 bridgehead atoms. The van der Waals surface area contributed by atoms with Crippen molar-refractivity contribution in [2.75, 3.05) is 25.0 Å². The predicted octanol–water partition coefficient (Wildman–Crippen LogP) is 3.28. The van der Waals surface area contributed by atoms with Gasteiger partial charge in [-0.2, -0.15) is 0 Å². The molecule has 1 rings (SSSR count). The van der Waals surface area contributed by atoms with Crippen molar-refractivity contribution in [1.29, 1.82) is 0 Å². The first kappa shape index (κ1) is 16.4. The molecule has 3 heteroatoms. The molecule has 0 fully saturated rings. The standard InChI is InChI=1S/C17H27N3/c1-7-9-20(10-8-2)16-12-14(13-18-6)11-15(19-16)17(3,4)5/h7-8,11-12,18H,1-2,9-10,13H2,3-6H3. The van der Waals surface area contributed by atoms with Gasteiger partial charge >= 0.3 is 0 Å². The van der Waals surface area contributed by atoms with Crippen molar-refractivity contribution in [3.8, 4) is 0 Å². The number of pyridine rings is 1. The summed E-state index contributed by atoms with van der Waals surface area (Å²) >= 11 is 0. The molecule has 0 aliphatic carbocycles. The summed E-state index contributed by atoms with van der Waals surface area (Å²) in [6.07, 6.45) is 3.79. The van der Waals surface area contributed by atoms with Crippen LogP contribution < -0.4 is 10.2 Å². The molecule has 1 heterocycles. The van der Waals surface area contributed by atoms with Crippen LogP contribution in [0.3, 0.4) is 0 Å². The van der Waals surface area contributed by atoms with Gasteiger partial charge < -0.3 is 10.2 Å². The van der Waals surface area contributed by atoms with E-state index >= 15 is 0 Å². The van der Waals surface area contributed by atoms with Gasteiger partial charge in [-0.25, -0.2) is 4.98 Å². The van der Waals surface area contributed by atoms with Gasteiger partial charge in [-0.1, -0.05) is 32.9 Å². The van der Waals surface area contributed by atoms with Crippen molar-refractivity contribution in [2.24, 2.45) is 0 Å². The van der Waals surface area contributed by atoms with Gasteiger partial charge in [0.05, 0.1) is 0 Å². The van der Waals surface area contributed by atoms with E-state index in [1.807, 2.05) is 19.2 Å². The number of nitrogens with zero attached hydrogens (tertiary/aromatic N) is 2. The number of hydrogen-bond acceptors (Lipinski definition) is 3. The number of nitrogens with one attached hydrogen (secondary N) is 1. The maximum absolute atomic E-state index is 4.83. The number of hydrogen-bond donors (Lipinski definition) is 1. The van der Waals surface area contributed by atoms with Gasteiger partial charge in [-0.15, -0.1) is 13.2 Å². The molecular weight excluding hydrogens is 246 g/mol. The van der Waals surface area contributed by atoms with E-state index in [-0.39, 0.29) is 5.41 Å². The molecule has 0 aliphatic rings. The largest absolute Gasteiger partial charge is 0.349 e. The Hall–Kier alpha value is -1.61. The van der Waals surface area contributed by atoms with Crippen LogP contribution in [0, 0.1) is 0 Å². The highest BCUT2D eigenvalue weighted by atomic mass is 15.2. The van der Waals surface area contributed by atoms with Gasteiger partial charge in [0.15, 0.2) is 0 Å². The molecule has 3 nitrogen and oxygen atoms in total. The average molecular weight is 273 g/mol. The SMILES string of the molecule is C=CCN(CC=C)c1cc(CNC)cc(C(C)(C)C)n1. The van der Waals surface area contributed by atoms with Crippen LogP contribution in [0.4, 0.5) is 5.82 Å². The Balaban J connectivity index is 3.24. The summed E-state index contributed by atoms with van der Waals surface area (Å²) in [5, 5.41) is 3.21. The van der Waals surface area contributed by atoms with E-state index in [2.05, 4.69) is 56.3 Å². The lowest BCUT2D eigenvalue weighted by atomic mass is 9.90. The lowest BCUT2D eigenvalue weighted by molar-refractivity contribution is 0.566. The fourth-order valence-corrected chi connectivity index (χ4v) is 2.00. The molecule has 110 valence electrons. The molecule has 1 aromatic heterocycles. The summed E-state index contributed by atoms with van der Waals surface area (Å²) in [5.41, 5.74) is 2.39. The van der Waals surface area contributed by atoms with Crippen molar-refractivity contribution in [1.82, 2.24) is 10.3 Å². The van der Waals surface area contributed by atoms with Crippen LogP contribution in [-0.2, 0) is 12.0 Å². The van der Waals surface area contributed by atoms with Crippen molar-refractivity contribution in [3.63, 3.8) is 0 Å². The summed E-state index contributed by atoms with van der Waals surface area (Å²) in [4.78, 5) is 7.00. The number of anilines is 1. The van der Waals surface area contributed by atoms with Crippen molar-refractivity contribution in [3.05, 3.63) is 48.7 Å². The molecule has 0 saturated heterocycles. The third-order valence-corrected chi connectivity index (χ3v) is 3.04. The van der Waals surface area contributed by atoms with Gasteiger partial charge in [-0.05, 0) is 24.7 Å². The first-order chi connectivity index (χ1) is 9.42. The van der Waals surface area contributed by atoms with E-state index in [0.29, 0.717) is 0 Å². The molecule has 0 unspecified atom stereocenters. The zero-order chi connectivity index (χ0) is 15.2. The highest BCUT2D eigenvalue weighted by Crippen LogP contribution is 2.25.